The molecular weight excluding hydrogens is 706 g/mol. The van der Waals surface area contributed by atoms with Crippen LogP contribution in [0.3, 0.4) is 0 Å². The van der Waals surface area contributed by atoms with E-state index in [1.807, 2.05) is 52.8 Å². The van der Waals surface area contributed by atoms with Gasteiger partial charge in [0.05, 0.1) is 43.2 Å². The van der Waals surface area contributed by atoms with Crippen molar-refractivity contribution in [2.45, 2.75) is 107 Å². The number of methoxy groups -OCH3 is 1. The number of amides is 3. The summed E-state index contributed by atoms with van der Waals surface area (Å²) in [6.07, 6.45) is 3.22. The van der Waals surface area contributed by atoms with E-state index in [2.05, 4.69) is 34.4 Å². The van der Waals surface area contributed by atoms with Crippen LogP contribution in [0.15, 0.2) is 55.6 Å². The molecule has 2 N–H and O–H groups in total. The second-order valence-electron chi connectivity index (χ2n) is 14.7. The first-order valence-corrected chi connectivity index (χ1v) is 18.5. The summed E-state index contributed by atoms with van der Waals surface area (Å²) in [5.41, 5.74) is -1.34. The third-order valence-corrected chi connectivity index (χ3v) is 11.3. The van der Waals surface area contributed by atoms with Crippen molar-refractivity contribution >= 4 is 39.6 Å². The number of nitrogens with zero attached hydrogens (tertiary/aromatic N) is 2. The van der Waals surface area contributed by atoms with E-state index in [1.165, 1.54) is 12.0 Å². The summed E-state index contributed by atoms with van der Waals surface area (Å²) in [4.78, 5) is 60.0. The molecule has 10 atom stereocenters. The van der Waals surface area contributed by atoms with Crippen LogP contribution < -0.4 is 5.32 Å². The van der Waals surface area contributed by atoms with Gasteiger partial charge in [-0.3, -0.25) is 19.2 Å². The second-order valence-corrected chi connectivity index (χ2v) is 15.9. The van der Waals surface area contributed by atoms with Gasteiger partial charge >= 0.3 is 5.97 Å². The smallest absolute Gasteiger partial charge is 0.313 e. The molecule has 0 aromatic heterocycles. The molecule has 12 heteroatoms. The van der Waals surface area contributed by atoms with Crippen LogP contribution in [0.2, 0.25) is 0 Å². The third kappa shape index (κ3) is 7.59. The summed E-state index contributed by atoms with van der Waals surface area (Å²) >= 11 is 3.74. The Labute approximate surface area is 304 Å². The van der Waals surface area contributed by atoms with E-state index in [0.717, 1.165) is 0 Å². The Kier molecular flexibility index (Phi) is 13.1. The Hall–Kier alpha value is -3.06. The number of carbonyl (C=O) groups excluding carboxylic acids is 4. The fraction of sp³-hybridized carbons (Fsp3) is 0.632. The molecule has 2 bridgehead atoms. The molecule has 0 radical (unpaired) electrons. The maximum absolute atomic E-state index is 14.8. The molecular formula is C38H54BrN3O8. The highest BCUT2D eigenvalue weighted by Crippen LogP contribution is 2.61. The maximum Gasteiger partial charge on any atom is 0.313 e. The molecule has 1 aromatic carbocycles. The van der Waals surface area contributed by atoms with Gasteiger partial charge in [-0.1, -0.05) is 78.7 Å². The van der Waals surface area contributed by atoms with Crippen molar-refractivity contribution in [3.05, 3.63) is 61.2 Å². The number of likely N-dealkylation sites (tertiary alicyclic amines) is 1. The van der Waals surface area contributed by atoms with Gasteiger partial charge in [0, 0.05) is 30.4 Å². The molecule has 3 aliphatic heterocycles. The van der Waals surface area contributed by atoms with Gasteiger partial charge in [-0.2, -0.15) is 0 Å². The summed E-state index contributed by atoms with van der Waals surface area (Å²) in [6.45, 7) is 17.1. The molecule has 3 aliphatic rings. The van der Waals surface area contributed by atoms with Gasteiger partial charge in [-0.05, 0) is 45.1 Å². The summed E-state index contributed by atoms with van der Waals surface area (Å²) in [5.74, 6) is -3.92. The topological polar surface area (TPSA) is 135 Å². The van der Waals surface area contributed by atoms with Crippen LogP contribution in [0.1, 0.15) is 72.0 Å². The van der Waals surface area contributed by atoms with Crippen LogP contribution >= 0.6 is 15.9 Å². The van der Waals surface area contributed by atoms with E-state index in [9.17, 15) is 24.3 Å². The van der Waals surface area contributed by atoms with Gasteiger partial charge in [-0.25, -0.2) is 0 Å². The number of benzene rings is 1. The number of esters is 1. The molecule has 50 heavy (non-hydrogen) atoms. The number of ether oxygens (including phenoxy) is 3. The van der Waals surface area contributed by atoms with Crippen molar-refractivity contribution in [1.82, 2.24) is 15.1 Å². The number of allylic oxidation sites excluding steroid dienone is 1. The van der Waals surface area contributed by atoms with Crippen LogP contribution in [0.25, 0.3) is 0 Å². The number of aliphatic hydroxyl groups is 1. The van der Waals surface area contributed by atoms with Crippen molar-refractivity contribution in [3.63, 3.8) is 0 Å². The van der Waals surface area contributed by atoms with E-state index in [-0.39, 0.29) is 48.7 Å². The Morgan fingerprint density at radius 3 is 2.46 bits per heavy atom. The second kappa shape index (κ2) is 16.5. The maximum atomic E-state index is 14.8. The lowest BCUT2D eigenvalue weighted by Gasteiger charge is -2.44. The zero-order valence-electron chi connectivity index (χ0n) is 30.2. The number of nitrogens with one attached hydrogen (secondary N) is 1. The van der Waals surface area contributed by atoms with Crippen LogP contribution in [-0.2, 0) is 33.4 Å². The Morgan fingerprint density at radius 1 is 1.22 bits per heavy atom. The Balaban J connectivity index is 1.80. The minimum absolute atomic E-state index is 0.0496. The van der Waals surface area contributed by atoms with Gasteiger partial charge in [0.1, 0.15) is 17.7 Å². The average molecular weight is 761 g/mol. The van der Waals surface area contributed by atoms with Crippen LogP contribution in [0.4, 0.5) is 0 Å². The number of hydrogen-bond acceptors (Lipinski definition) is 8. The first-order chi connectivity index (χ1) is 23.7. The standard InChI is InChI=1S/C38H54BrN3O8/c1-9-12-18-28(44)40-26(22-48-8)31(24-16-14-13-15-17-24)49-36(47)29-30-34(45)42(27(21-43)23(4)11-3)33(38(30)20-25(39)32(29)50-38)35(46)41(19-10-2)37(5,6)7/h9-10,13-17,23,25-27,29-33,43H,1-2,11-12,18-22H2,3-8H3,(H,40,44)/t23-,25?,26-,27-,29-,30+,31-,32-,33-,38+/m0/s1. The molecule has 3 fully saturated rings. The predicted octanol–water partition coefficient (Wildman–Crippen LogP) is 4.34. The molecule has 0 saturated carbocycles. The minimum Gasteiger partial charge on any atom is -0.455 e. The molecule has 1 spiro atoms. The van der Waals surface area contributed by atoms with Crippen molar-refractivity contribution in [1.29, 1.82) is 0 Å². The monoisotopic (exact) mass is 759 g/mol. The van der Waals surface area contributed by atoms with Crippen molar-refractivity contribution in [3.8, 4) is 0 Å². The molecule has 3 amide bonds. The lowest BCUT2D eigenvalue weighted by Crippen LogP contribution is -2.62. The minimum atomic E-state index is -1.35. The molecule has 0 aliphatic carbocycles. The Bertz CT molecular complexity index is 1400. The fourth-order valence-corrected chi connectivity index (χ4v) is 8.83. The van der Waals surface area contributed by atoms with Gasteiger partial charge < -0.3 is 34.4 Å². The SMILES string of the molecule is C=CCCC(=O)N[C@@H](COC)[C@@H](OC(=O)[C@@H]1[C@H]2O[C@@]3(CC2Br)[C@H](C(=O)N(CC=C)C(C)(C)C)N([C@@H](CO)[C@@H](C)CC)C(=O)[C@@H]13)c1ccccc1. The van der Waals surface area contributed by atoms with Crippen LogP contribution in [-0.4, -0.2) is 106 Å². The van der Waals surface area contributed by atoms with Gasteiger partial charge in [0.2, 0.25) is 17.7 Å². The highest BCUT2D eigenvalue weighted by molar-refractivity contribution is 9.09. The van der Waals surface area contributed by atoms with E-state index >= 15 is 0 Å². The molecule has 1 aromatic rings. The largest absolute Gasteiger partial charge is 0.455 e. The van der Waals surface area contributed by atoms with Crippen LogP contribution in [0, 0.1) is 17.8 Å². The van der Waals surface area contributed by atoms with E-state index < -0.39 is 65.2 Å². The molecule has 3 saturated heterocycles. The first-order valence-electron chi connectivity index (χ1n) is 17.5. The zero-order valence-corrected chi connectivity index (χ0v) is 31.8. The highest BCUT2D eigenvalue weighted by Gasteiger charge is 2.78. The number of rotatable bonds is 17. The van der Waals surface area contributed by atoms with Crippen molar-refractivity contribution in [2.24, 2.45) is 17.8 Å². The lowest BCUT2D eigenvalue weighted by molar-refractivity contribution is -0.164. The summed E-state index contributed by atoms with van der Waals surface area (Å²) in [5, 5.41) is 13.7. The number of carbonyl (C=O) groups is 4. The summed E-state index contributed by atoms with van der Waals surface area (Å²) < 4.78 is 18.6. The number of hydrogen-bond donors (Lipinski definition) is 2. The quantitative estimate of drug-likeness (QED) is 0.136. The van der Waals surface area contributed by atoms with Gasteiger partial charge in [0.25, 0.3) is 0 Å². The highest BCUT2D eigenvalue weighted by atomic mass is 79.9. The third-order valence-electron chi connectivity index (χ3n) is 10.5. The summed E-state index contributed by atoms with van der Waals surface area (Å²) in [7, 11) is 1.50. The van der Waals surface area contributed by atoms with E-state index in [1.54, 1.807) is 29.2 Å². The van der Waals surface area contributed by atoms with E-state index in [0.29, 0.717) is 24.8 Å². The fourth-order valence-electron chi connectivity index (χ4n) is 7.88. The number of fused-ring (bicyclic) bond motifs is 1. The van der Waals surface area contributed by atoms with Crippen LogP contribution in [0.5, 0.6) is 0 Å². The molecule has 4 rings (SSSR count). The van der Waals surface area contributed by atoms with Crippen molar-refractivity contribution < 1.29 is 38.5 Å². The molecule has 276 valence electrons. The molecule has 1 unspecified atom stereocenters. The lowest BCUT2D eigenvalue weighted by atomic mass is 9.70. The number of halogens is 1. The zero-order chi connectivity index (χ0) is 37.0. The average Bonchev–Trinajstić information content (AvgIpc) is 3.68. The normalized spacial score (nSPS) is 28.0. The Morgan fingerprint density at radius 2 is 1.90 bits per heavy atom. The van der Waals surface area contributed by atoms with E-state index in [4.69, 9.17) is 14.2 Å². The molecule has 3 heterocycles. The summed E-state index contributed by atoms with van der Waals surface area (Å²) in [6, 6.07) is 6.54. The predicted molar refractivity (Wildman–Crippen MR) is 193 cm³/mol. The molecule has 11 nitrogen and oxygen atoms in total. The van der Waals surface area contributed by atoms with Gasteiger partial charge in [-0.15, -0.1) is 13.2 Å². The van der Waals surface area contributed by atoms with Crippen molar-refractivity contribution in [2.75, 3.05) is 26.9 Å². The van der Waals surface area contributed by atoms with Gasteiger partial charge in [0.15, 0.2) is 0 Å². The number of alkyl halides is 1. The number of aliphatic hydroxyl groups excluding tert-OH is 1. The first kappa shape index (κ1) is 39.7.